The Morgan fingerprint density at radius 1 is 1.39 bits per heavy atom. The summed E-state index contributed by atoms with van der Waals surface area (Å²) in [5.74, 6) is 1.88. The molecule has 0 spiro atoms. The average Bonchev–Trinajstić information content (AvgIpc) is 3.09. The average molecular weight is 245 g/mol. The third-order valence-corrected chi connectivity index (χ3v) is 3.34. The Morgan fingerprint density at radius 3 is 2.78 bits per heavy atom. The Kier molecular flexibility index (Phi) is 4.24. The van der Waals surface area contributed by atoms with Gasteiger partial charge in [0.25, 0.3) is 0 Å². The molecule has 1 aliphatic rings. The van der Waals surface area contributed by atoms with Gasteiger partial charge in [0.2, 0.25) is 0 Å². The van der Waals surface area contributed by atoms with Gasteiger partial charge in [-0.15, -0.1) is 0 Å². The molecule has 0 aliphatic heterocycles. The molecule has 18 heavy (non-hydrogen) atoms. The number of hydrogen-bond donors (Lipinski definition) is 2. The Bertz CT molecular complexity index is 397. The molecule has 1 aromatic carbocycles. The molecule has 1 saturated carbocycles. The fourth-order valence-electron chi connectivity index (χ4n) is 2.10. The van der Waals surface area contributed by atoms with Gasteiger partial charge < -0.3 is 11.1 Å². The van der Waals surface area contributed by atoms with E-state index in [0.29, 0.717) is 23.8 Å². The lowest BCUT2D eigenvalue weighted by Crippen LogP contribution is -2.34. The maximum absolute atomic E-state index is 5.88. The van der Waals surface area contributed by atoms with E-state index in [-0.39, 0.29) is 0 Å². The summed E-state index contributed by atoms with van der Waals surface area (Å²) in [4.78, 5) is 4.36. The number of hydrogen-bond acceptors (Lipinski definition) is 1. The number of guanidine groups is 1. The predicted molar refractivity (Wildman–Crippen MR) is 76.7 cm³/mol. The van der Waals surface area contributed by atoms with Crippen molar-refractivity contribution in [2.45, 2.75) is 38.6 Å². The summed E-state index contributed by atoms with van der Waals surface area (Å²) < 4.78 is 0. The van der Waals surface area contributed by atoms with Crippen molar-refractivity contribution >= 4 is 5.96 Å². The van der Waals surface area contributed by atoms with Gasteiger partial charge in [-0.3, -0.25) is 4.99 Å². The molecule has 0 bridgehead atoms. The van der Waals surface area contributed by atoms with Crippen LogP contribution in [-0.4, -0.2) is 18.5 Å². The quantitative estimate of drug-likeness (QED) is 0.618. The topological polar surface area (TPSA) is 50.4 Å². The van der Waals surface area contributed by atoms with E-state index >= 15 is 0 Å². The molecule has 2 atom stereocenters. The van der Waals surface area contributed by atoms with Crippen molar-refractivity contribution in [1.29, 1.82) is 0 Å². The molecule has 3 N–H and O–H groups in total. The smallest absolute Gasteiger partial charge is 0.188 e. The Labute approximate surface area is 109 Å². The van der Waals surface area contributed by atoms with Gasteiger partial charge in [0.15, 0.2) is 5.96 Å². The van der Waals surface area contributed by atoms with Gasteiger partial charge in [-0.2, -0.15) is 0 Å². The van der Waals surface area contributed by atoms with E-state index in [1.54, 1.807) is 0 Å². The SMILES string of the molecule is CC(C)CCN=C(N)NC1CC1c1ccccc1. The molecule has 3 heteroatoms. The molecule has 1 fully saturated rings. The van der Waals surface area contributed by atoms with Crippen LogP contribution in [0.2, 0.25) is 0 Å². The van der Waals surface area contributed by atoms with Crippen molar-refractivity contribution < 1.29 is 0 Å². The molecule has 1 aromatic rings. The zero-order valence-corrected chi connectivity index (χ0v) is 11.3. The maximum atomic E-state index is 5.88. The van der Waals surface area contributed by atoms with Crippen molar-refractivity contribution in [3.63, 3.8) is 0 Å². The maximum Gasteiger partial charge on any atom is 0.188 e. The van der Waals surface area contributed by atoms with Gasteiger partial charge in [0.1, 0.15) is 0 Å². The molecule has 0 aromatic heterocycles. The highest BCUT2D eigenvalue weighted by molar-refractivity contribution is 5.78. The fraction of sp³-hybridized carbons (Fsp3) is 0.533. The van der Waals surface area contributed by atoms with E-state index in [1.165, 1.54) is 5.56 Å². The molecule has 98 valence electrons. The summed E-state index contributed by atoms with van der Waals surface area (Å²) in [7, 11) is 0. The lowest BCUT2D eigenvalue weighted by atomic mass is 10.1. The summed E-state index contributed by atoms with van der Waals surface area (Å²) in [6.07, 6.45) is 2.25. The van der Waals surface area contributed by atoms with Crippen LogP contribution >= 0.6 is 0 Å². The van der Waals surface area contributed by atoms with E-state index in [0.717, 1.165) is 19.4 Å². The first kappa shape index (κ1) is 12.9. The van der Waals surface area contributed by atoms with Crippen LogP contribution in [0.5, 0.6) is 0 Å². The largest absolute Gasteiger partial charge is 0.370 e. The van der Waals surface area contributed by atoms with Crippen molar-refractivity contribution in [3.8, 4) is 0 Å². The monoisotopic (exact) mass is 245 g/mol. The minimum absolute atomic E-state index is 0.468. The summed E-state index contributed by atoms with van der Waals surface area (Å²) >= 11 is 0. The van der Waals surface area contributed by atoms with Crippen LogP contribution in [-0.2, 0) is 0 Å². The Morgan fingerprint density at radius 2 is 2.11 bits per heavy atom. The van der Waals surface area contributed by atoms with Gasteiger partial charge in [0.05, 0.1) is 0 Å². The first-order chi connectivity index (χ1) is 8.66. The molecule has 1 aliphatic carbocycles. The molecule has 0 heterocycles. The normalized spacial score (nSPS) is 23.2. The number of nitrogens with one attached hydrogen (secondary N) is 1. The Balaban J connectivity index is 1.76. The molecular formula is C15H23N3. The number of nitrogens with zero attached hydrogens (tertiary/aromatic N) is 1. The number of nitrogens with two attached hydrogens (primary N) is 1. The lowest BCUT2D eigenvalue weighted by Gasteiger charge is -2.06. The van der Waals surface area contributed by atoms with Gasteiger partial charge >= 0.3 is 0 Å². The van der Waals surface area contributed by atoms with E-state index in [9.17, 15) is 0 Å². The van der Waals surface area contributed by atoms with Crippen LogP contribution in [0.15, 0.2) is 35.3 Å². The molecular weight excluding hydrogens is 222 g/mol. The highest BCUT2D eigenvalue weighted by Crippen LogP contribution is 2.40. The zero-order chi connectivity index (χ0) is 13.0. The third-order valence-electron chi connectivity index (χ3n) is 3.34. The molecule has 0 saturated heterocycles. The number of benzene rings is 1. The minimum atomic E-state index is 0.468. The van der Waals surface area contributed by atoms with E-state index in [2.05, 4.69) is 54.5 Å². The standard InChI is InChI=1S/C15H23N3/c1-11(2)8-9-17-15(16)18-14-10-13(14)12-6-4-3-5-7-12/h3-7,11,13-14H,8-10H2,1-2H3,(H3,16,17,18). The highest BCUT2D eigenvalue weighted by atomic mass is 15.1. The summed E-state index contributed by atoms with van der Waals surface area (Å²) in [5, 5.41) is 3.30. The molecule has 0 radical (unpaired) electrons. The van der Waals surface area contributed by atoms with Crippen LogP contribution in [0.25, 0.3) is 0 Å². The zero-order valence-electron chi connectivity index (χ0n) is 11.3. The lowest BCUT2D eigenvalue weighted by molar-refractivity contribution is 0.595. The van der Waals surface area contributed by atoms with Crippen LogP contribution in [0.1, 0.15) is 38.2 Å². The first-order valence-electron chi connectivity index (χ1n) is 6.78. The summed E-state index contributed by atoms with van der Waals surface area (Å²) in [6, 6.07) is 11.1. The van der Waals surface area contributed by atoms with E-state index in [4.69, 9.17) is 5.73 Å². The summed E-state index contributed by atoms with van der Waals surface area (Å²) in [5.41, 5.74) is 7.27. The van der Waals surface area contributed by atoms with Gasteiger partial charge in [0, 0.05) is 18.5 Å². The minimum Gasteiger partial charge on any atom is -0.370 e. The predicted octanol–water partition coefficient (Wildman–Crippen LogP) is 2.49. The first-order valence-corrected chi connectivity index (χ1v) is 6.78. The molecule has 3 nitrogen and oxygen atoms in total. The van der Waals surface area contributed by atoms with Gasteiger partial charge in [-0.05, 0) is 24.3 Å². The van der Waals surface area contributed by atoms with Crippen LogP contribution in [0.3, 0.4) is 0 Å². The number of aliphatic imine (C=N–C) groups is 1. The van der Waals surface area contributed by atoms with Crippen LogP contribution < -0.4 is 11.1 Å². The molecule has 2 unspecified atom stereocenters. The molecule has 2 rings (SSSR count). The Hall–Kier alpha value is -1.51. The third kappa shape index (κ3) is 3.76. The van der Waals surface area contributed by atoms with Crippen molar-refractivity contribution in [3.05, 3.63) is 35.9 Å². The highest BCUT2D eigenvalue weighted by Gasteiger charge is 2.38. The second-order valence-electron chi connectivity index (χ2n) is 5.45. The second-order valence-corrected chi connectivity index (χ2v) is 5.45. The van der Waals surface area contributed by atoms with Gasteiger partial charge in [-0.1, -0.05) is 44.2 Å². The van der Waals surface area contributed by atoms with Crippen LogP contribution in [0.4, 0.5) is 0 Å². The van der Waals surface area contributed by atoms with Crippen molar-refractivity contribution in [1.82, 2.24) is 5.32 Å². The van der Waals surface area contributed by atoms with Gasteiger partial charge in [-0.25, -0.2) is 0 Å². The second kappa shape index (κ2) is 5.89. The summed E-state index contributed by atoms with van der Waals surface area (Å²) in [6.45, 7) is 5.22. The van der Waals surface area contributed by atoms with Crippen molar-refractivity contribution in [2.75, 3.05) is 6.54 Å². The van der Waals surface area contributed by atoms with Crippen LogP contribution in [0, 0.1) is 5.92 Å². The van der Waals surface area contributed by atoms with E-state index in [1.807, 2.05) is 0 Å². The molecule has 0 amide bonds. The van der Waals surface area contributed by atoms with E-state index < -0.39 is 0 Å². The fourth-order valence-corrected chi connectivity index (χ4v) is 2.10. The number of rotatable bonds is 5. The van der Waals surface area contributed by atoms with Crippen molar-refractivity contribution in [2.24, 2.45) is 16.6 Å².